The van der Waals surface area contributed by atoms with Crippen molar-refractivity contribution in [3.63, 3.8) is 0 Å². The molecule has 3 N–H and O–H groups in total. The lowest BCUT2D eigenvalue weighted by Crippen LogP contribution is -2.48. The lowest BCUT2D eigenvalue weighted by molar-refractivity contribution is -0.386. The molecule has 0 aromatic carbocycles. The number of carboxylic acid groups (broad SMARTS) is 1. The predicted octanol–water partition coefficient (Wildman–Crippen LogP) is 0.130. The number of hydrogen-bond acceptors (Lipinski definition) is 6. The summed E-state index contributed by atoms with van der Waals surface area (Å²) >= 11 is 0. The molecule has 1 aliphatic heterocycles. The number of pyridine rings is 1. The number of ether oxygens (including phenoxy) is 1. The van der Waals surface area contributed by atoms with E-state index in [0.717, 1.165) is 13.0 Å². The van der Waals surface area contributed by atoms with E-state index < -0.39 is 17.8 Å². The Bertz CT molecular complexity index is 626. The number of nitrogens with zero attached hydrogens (tertiary/aromatic N) is 2. The summed E-state index contributed by atoms with van der Waals surface area (Å²) in [6.45, 7) is 3.68. The SMILES string of the molecule is CC(=O)OC1CCN(c2nc(C(F)(F)F)ccc2C[NH3+])CC1.CC(=O)[O-]. The van der Waals surface area contributed by atoms with E-state index in [1.54, 1.807) is 4.90 Å². The number of anilines is 1. The van der Waals surface area contributed by atoms with Gasteiger partial charge < -0.3 is 25.3 Å². The van der Waals surface area contributed by atoms with Gasteiger partial charge in [-0.05, 0) is 19.1 Å². The van der Waals surface area contributed by atoms with Crippen molar-refractivity contribution in [2.75, 3.05) is 18.0 Å². The molecule has 0 bridgehead atoms. The summed E-state index contributed by atoms with van der Waals surface area (Å²) in [4.78, 5) is 25.4. The van der Waals surface area contributed by atoms with Crippen LogP contribution in [0.3, 0.4) is 0 Å². The van der Waals surface area contributed by atoms with Crippen LogP contribution in [0.25, 0.3) is 0 Å². The maximum atomic E-state index is 12.8. The number of alkyl halides is 3. The quantitative estimate of drug-likeness (QED) is 0.750. The van der Waals surface area contributed by atoms with Gasteiger partial charge in [-0.3, -0.25) is 4.79 Å². The van der Waals surface area contributed by atoms with Gasteiger partial charge in [-0.2, -0.15) is 13.2 Å². The van der Waals surface area contributed by atoms with Crippen molar-refractivity contribution in [3.05, 3.63) is 23.4 Å². The lowest BCUT2D eigenvalue weighted by Gasteiger charge is -2.33. The zero-order valence-corrected chi connectivity index (χ0v) is 14.6. The van der Waals surface area contributed by atoms with E-state index in [1.165, 1.54) is 13.0 Å². The molecule has 0 saturated carbocycles. The molecular weight excluding hydrogens is 355 g/mol. The number of halogens is 3. The molecule has 0 amide bonds. The van der Waals surface area contributed by atoms with Crippen molar-refractivity contribution in [1.29, 1.82) is 0 Å². The van der Waals surface area contributed by atoms with E-state index >= 15 is 0 Å². The third-order valence-corrected chi connectivity index (χ3v) is 3.59. The average Bonchev–Trinajstić information content (AvgIpc) is 2.53. The van der Waals surface area contributed by atoms with Crippen molar-refractivity contribution >= 4 is 17.8 Å². The van der Waals surface area contributed by atoms with Crippen molar-refractivity contribution in [3.8, 4) is 0 Å². The van der Waals surface area contributed by atoms with Gasteiger partial charge in [-0.25, -0.2) is 4.98 Å². The molecule has 0 atom stereocenters. The van der Waals surface area contributed by atoms with Crippen LogP contribution >= 0.6 is 0 Å². The summed E-state index contributed by atoms with van der Waals surface area (Å²) in [5.74, 6) is -1.10. The Morgan fingerprint density at radius 3 is 2.27 bits per heavy atom. The van der Waals surface area contributed by atoms with E-state index in [4.69, 9.17) is 14.6 Å². The summed E-state index contributed by atoms with van der Waals surface area (Å²) in [5.41, 5.74) is 3.52. The normalized spacial score (nSPS) is 15.1. The van der Waals surface area contributed by atoms with Crippen LogP contribution in [0.4, 0.5) is 19.0 Å². The number of aromatic nitrogens is 1. The number of esters is 1. The van der Waals surface area contributed by atoms with Crippen molar-refractivity contribution in [2.45, 2.75) is 45.5 Å². The second-order valence-corrected chi connectivity index (χ2v) is 5.71. The zero-order chi connectivity index (χ0) is 19.9. The van der Waals surface area contributed by atoms with Gasteiger partial charge in [0.15, 0.2) is 0 Å². The minimum atomic E-state index is -4.47. The summed E-state index contributed by atoms with van der Waals surface area (Å²) in [5, 5.41) is 8.89. The molecule has 10 heteroatoms. The molecule has 1 aromatic heterocycles. The molecule has 0 aliphatic carbocycles. The summed E-state index contributed by atoms with van der Waals surface area (Å²) in [6.07, 6.45) is -3.49. The van der Waals surface area contributed by atoms with E-state index in [2.05, 4.69) is 10.7 Å². The van der Waals surface area contributed by atoms with Gasteiger partial charge in [0.25, 0.3) is 0 Å². The van der Waals surface area contributed by atoms with Crippen LogP contribution in [0.5, 0.6) is 0 Å². The molecular formula is C16H22F3N3O4. The highest BCUT2D eigenvalue weighted by atomic mass is 19.4. The van der Waals surface area contributed by atoms with Crippen LogP contribution in [0, 0.1) is 0 Å². The van der Waals surface area contributed by atoms with Gasteiger partial charge in [-0.15, -0.1) is 0 Å². The molecule has 1 fully saturated rings. The predicted molar refractivity (Wildman–Crippen MR) is 83.5 cm³/mol. The second kappa shape index (κ2) is 9.37. The minimum absolute atomic E-state index is 0.178. The third kappa shape index (κ3) is 6.87. The number of carbonyl (C=O) groups is 2. The maximum absolute atomic E-state index is 12.8. The monoisotopic (exact) mass is 377 g/mol. The third-order valence-electron chi connectivity index (χ3n) is 3.59. The fourth-order valence-electron chi connectivity index (χ4n) is 2.52. The number of rotatable bonds is 3. The molecule has 2 rings (SSSR count). The highest BCUT2D eigenvalue weighted by Crippen LogP contribution is 2.31. The average molecular weight is 377 g/mol. The number of carbonyl (C=O) groups excluding carboxylic acids is 2. The van der Waals surface area contributed by atoms with Crippen LogP contribution in [-0.2, 0) is 27.0 Å². The molecule has 7 nitrogen and oxygen atoms in total. The number of carboxylic acids is 1. The lowest BCUT2D eigenvalue weighted by atomic mass is 10.1. The zero-order valence-electron chi connectivity index (χ0n) is 14.6. The van der Waals surface area contributed by atoms with Crippen molar-refractivity contribution in [1.82, 2.24) is 4.98 Å². The Hall–Kier alpha value is -2.36. The Morgan fingerprint density at radius 2 is 1.85 bits per heavy atom. The van der Waals surface area contributed by atoms with Crippen LogP contribution in [0.15, 0.2) is 12.1 Å². The van der Waals surface area contributed by atoms with Crippen LogP contribution in [0.2, 0.25) is 0 Å². The largest absolute Gasteiger partial charge is 0.550 e. The van der Waals surface area contributed by atoms with Gasteiger partial charge >= 0.3 is 12.1 Å². The van der Waals surface area contributed by atoms with E-state index in [-0.39, 0.29) is 12.1 Å². The van der Waals surface area contributed by atoms with E-state index in [9.17, 15) is 18.0 Å². The molecule has 146 valence electrons. The summed E-state index contributed by atoms with van der Waals surface area (Å²) in [7, 11) is 0. The van der Waals surface area contributed by atoms with E-state index in [1.807, 2.05) is 0 Å². The molecule has 2 heterocycles. The highest BCUT2D eigenvalue weighted by Gasteiger charge is 2.34. The Morgan fingerprint density at radius 1 is 1.31 bits per heavy atom. The number of piperidine rings is 1. The van der Waals surface area contributed by atoms with Gasteiger partial charge in [0.2, 0.25) is 0 Å². The van der Waals surface area contributed by atoms with Gasteiger partial charge in [0, 0.05) is 44.4 Å². The van der Waals surface area contributed by atoms with Crippen molar-refractivity contribution < 1.29 is 38.3 Å². The smallest absolute Gasteiger partial charge is 0.433 e. The standard InChI is InChI=1S/C14H18F3N3O2.C2H4O2/c1-9(21)22-11-4-6-20(7-5-11)13-10(8-18)2-3-12(19-13)14(15,16)17;1-2(3)4/h2-3,11H,4-8,18H2,1H3;1H3,(H,3,4). The highest BCUT2D eigenvalue weighted by molar-refractivity contribution is 5.66. The van der Waals surface area contributed by atoms with Crippen LogP contribution < -0.4 is 15.7 Å². The Labute approximate surface area is 148 Å². The molecule has 1 aromatic rings. The van der Waals surface area contributed by atoms with E-state index in [0.29, 0.717) is 43.9 Å². The van der Waals surface area contributed by atoms with Gasteiger partial charge in [-0.1, -0.05) is 0 Å². The van der Waals surface area contributed by atoms with Gasteiger partial charge in [0.1, 0.15) is 24.2 Å². The summed E-state index contributed by atoms with van der Waals surface area (Å²) < 4.78 is 43.6. The molecule has 26 heavy (non-hydrogen) atoms. The molecule has 0 unspecified atom stereocenters. The first-order valence-electron chi connectivity index (χ1n) is 8.00. The second-order valence-electron chi connectivity index (χ2n) is 5.71. The van der Waals surface area contributed by atoms with Gasteiger partial charge in [0.05, 0.1) is 0 Å². The topological polar surface area (TPSA) is 110 Å². The molecule has 0 spiro atoms. The van der Waals surface area contributed by atoms with Crippen LogP contribution in [0.1, 0.15) is 37.9 Å². The number of aliphatic carboxylic acids is 1. The summed E-state index contributed by atoms with van der Waals surface area (Å²) in [6, 6.07) is 2.41. The number of quaternary nitrogens is 1. The first-order valence-corrected chi connectivity index (χ1v) is 8.00. The Balaban J connectivity index is 0.000000765. The minimum Gasteiger partial charge on any atom is -0.550 e. The van der Waals surface area contributed by atoms with Crippen molar-refractivity contribution in [2.24, 2.45) is 0 Å². The van der Waals surface area contributed by atoms with Crippen LogP contribution in [-0.4, -0.2) is 36.1 Å². The fraction of sp³-hybridized carbons (Fsp3) is 0.562. The fourth-order valence-corrected chi connectivity index (χ4v) is 2.52. The number of hydrogen-bond donors (Lipinski definition) is 1. The maximum Gasteiger partial charge on any atom is 0.433 e. The first kappa shape index (κ1) is 21.7. The first-order chi connectivity index (χ1) is 12.0. The Kier molecular flexibility index (Phi) is 7.81. The molecule has 1 aliphatic rings. The molecule has 0 radical (unpaired) electrons. The molecule has 1 saturated heterocycles.